The Morgan fingerprint density at radius 2 is 1.26 bits per heavy atom. The molecule has 0 aromatic heterocycles. The van der Waals surface area contributed by atoms with E-state index in [0.29, 0.717) is 0 Å². The molecule has 5 nitrogen and oxygen atoms in total. The number of unbranched alkanes of at least 4 members (excludes halogenated alkanes) is 9. The summed E-state index contributed by atoms with van der Waals surface area (Å²) in [5.41, 5.74) is -1.36. The van der Waals surface area contributed by atoms with E-state index in [1.165, 1.54) is 58.3 Å². The van der Waals surface area contributed by atoms with Crippen molar-refractivity contribution in [3.63, 3.8) is 0 Å². The van der Waals surface area contributed by atoms with Crippen LogP contribution in [0.3, 0.4) is 0 Å². The van der Waals surface area contributed by atoms with Gasteiger partial charge in [-0.25, -0.2) is 4.79 Å². The number of likely N-dealkylation sites (N-methyl/N-ethyl adjacent to an activating group) is 1. The minimum absolute atomic E-state index is 0.0851. The third kappa shape index (κ3) is 7.44. The van der Waals surface area contributed by atoms with Crippen LogP contribution in [0.5, 0.6) is 0 Å². The first-order valence-corrected chi connectivity index (χ1v) is 10.8. The van der Waals surface area contributed by atoms with E-state index in [1.54, 1.807) is 6.92 Å². The molecule has 0 saturated heterocycles. The first-order valence-electron chi connectivity index (χ1n) is 10.8. The van der Waals surface area contributed by atoms with Crippen molar-refractivity contribution in [1.29, 1.82) is 0 Å². The molecule has 0 radical (unpaired) electrons. The van der Waals surface area contributed by atoms with Gasteiger partial charge >= 0.3 is 11.9 Å². The summed E-state index contributed by atoms with van der Waals surface area (Å²) in [5.74, 6) is -3.06. The molecule has 160 valence electrons. The maximum Gasteiger partial charge on any atom is 0.366 e. The molecule has 0 heterocycles. The molecule has 0 fully saturated rings. The summed E-state index contributed by atoms with van der Waals surface area (Å²) in [6, 6.07) is 0.0851. The molecule has 0 saturated carbocycles. The second-order valence-corrected chi connectivity index (χ2v) is 8.87. The molecule has 0 aromatic carbocycles. The van der Waals surface area contributed by atoms with Crippen molar-refractivity contribution in [1.82, 2.24) is 0 Å². The maximum atomic E-state index is 12.0. The lowest BCUT2D eigenvalue weighted by atomic mass is 9.81. The minimum atomic E-state index is -1.36. The average molecular weight is 387 g/mol. The molecule has 3 atom stereocenters. The lowest BCUT2D eigenvalue weighted by molar-refractivity contribution is -0.954. The van der Waals surface area contributed by atoms with Gasteiger partial charge in [0.1, 0.15) is 5.92 Å². The monoisotopic (exact) mass is 386 g/mol. The second-order valence-electron chi connectivity index (χ2n) is 8.87. The van der Waals surface area contributed by atoms with Gasteiger partial charge in [0.25, 0.3) is 0 Å². The van der Waals surface area contributed by atoms with Crippen LogP contribution >= 0.6 is 0 Å². The summed E-state index contributed by atoms with van der Waals surface area (Å²) >= 11 is 0. The van der Waals surface area contributed by atoms with E-state index < -0.39 is 23.4 Å². The number of hydrogen-bond donors (Lipinski definition) is 2. The first kappa shape index (κ1) is 25.9. The first-order chi connectivity index (χ1) is 12.5. The third-order valence-electron chi connectivity index (χ3n) is 6.92. The molecular weight excluding hydrogens is 342 g/mol. The van der Waals surface area contributed by atoms with Crippen LogP contribution in [0.1, 0.15) is 98.3 Å². The van der Waals surface area contributed by atoms with Crippen molar-refractivity contribution >= 4 is 11.9 Å². The molecule has 3 unspecified atom stereocenters. The molecule has 2 N–H and O–H groups in total. The van der Waals surface area contributed by atoms with Crippen molar-refractivity contribution < 1.29 is 24.3 Å². The molecule has 0 aliphatic heterocycles. The Morgan fingerprint density at radius 1 is 0.852 bits per heavy atom. The van der Waals surface area contributed by atoms with Crippen LogP contribution in [-0.4, -0.2) is 52.3 Å². The van der Waals surface area contributed by atoms with E-state index >= 15 is 0 Å². The van der Waals surface area contributed by atoms with Crippen LogP contribution in [0.4, 0.5) is 0 Å². The summed E-state index contributed by atoms with van der Waals surface area (Å²) < 4.78 is 0.174. The van der Waals surface area contributed by atoms with E-state index in [9.17, 15) is 19.8 Å². The van der Waals surface area contributed by atoms with E-state index in [2.05, 4.69) is 6.92 Å². The van der Waals surface area contributed by atoms with Crippen molar-refractivity contribution in [3.05, 3.63) is 0 Å². The molecule has 27 heavy (non-hydrogen) atoms. The Hall–Kier alpha value is -1.10. The Kier molecular flexibility index (Phi) is 11.9. The Morgan fingerprint density at radius 3 is 1.63 bits per heavy atom. The van der Waals surface area contributed by atoms with Crippen LogP contribution in [0, 0.1) is 5.92 Å². The van der Waals surface area contributed by atoms with Gasteiger partial charge in [0, 0.05) is 6.92 Å². The number of carbonyl (C=O) groups is 2. The summed E-state index contributed by atoms with van der Waals surface area (Å²) in [4.78, 5) is 23.5. The highest BCUT2D eigenvalue weighted by atomic mass is 16.4. The van der Waals surface area contributed by atoms with Gasteiger partial charge in [-0.1, -0.05) is 64.7 Å². The van der Waals surface area contributed by atoms with Gasteiger partial charge < -0.3 is 14.7 Å². The van der Waals surface area contributed by atoms with Gasteiger partial charge in [0.15, 0.2) is 0 Å². The molecule has 0 aromatic rings. The van der Waals surface area contributed by atoms with E-state index in [-0.39, 0.29) is 10.5 Å². The predicted octanol–water partition coefficient (Wildman–Crippen LogP) is 5.33. The lowest BCUT2D eigenvalue weighted by Gasteiger charge is -2.49. The van der Waals surface area contributed by atoms with Crippen LogP contribution in [0.2, 0.25) is 0 Å². The van der Waals surface area contributed by atoms with Crippen LogP contribution in [0.15, 0.2) is 0 Å². The van der Waals surface area contributed by atoms with Crippen LogP contribution < -0.4 is 0 Å². The zero-order valence-electron chi connectivity index (χ0n) is 18.6. The van der Waals surface area contributed by atoms with E-state index in [4.69, 9.17) is 0 Å². The van der Waals surface area contributed by atoms with Gasteiger partial charge in [0.05, 0.1) is 20.1 Å². The third-order valence-corrected chi connectivity index (χ3v) is 6.92. The normalized spacial score (nSPS) is 16.5. The quantitative estimate of drug-likeness (QED) is 0.278. The number of aliphatic carboxylic acids is 2. The molecule has 0 bridgehead atoms. The topological polar surface area (TPSA) is 74.6 Å². The maximum absolute atomic E-state index is 12.0. The smallest absolute Gasteiger partial charge is 0.366 e. The molecule has 0 rings (SSSR count). The van der Waals surface area contributed by atoms with Gasteiger partial charge in [0.2, 0.25) is 5.54 Å². The molecule has 5 heteroatoms. The zero-order chi connectivity index (χ0) is 21.1. The number of hydrogen-bond acceptors (Lipinski definition) is 2. The number of rotatable bonds is 16. The highest BCUT2D eigenvalue weighted by molar-refractivity contribution is 5.85. The fourth-order valence-electron chi connectivity index (χ4n) is 3.88. The van der Waals surface area contributed by atoms with Crippen LogP contribution in [-0.2, 0) is 9.59 Å². The summed E-state index contributed by atoms with van der Waals surface area (Å²) in [7, 11) is 3.71. The molecule has 0 aliphatic carbocycles. The van der Waals surface area contributed by atoms with Gasteiger partial charge in [-0.05, 0) is 26.7 Å². The second kappa shape index (κ2) is 12.4. The summed E-state index contributed by atoms with van der Waals surface area (Å²) in [6.45, 7) is 7.36. The number of carboxylic acid groups (broad SMARTS) is 2. The largest absolute Gasteiger partial charge is 0.481 e. The highest BCUT2D eigenvalue weighted by Gasteiger charge is 2.57. The number of carboxylic acids is 2. The Balaban J connectivity index is 4.40. The lowest BCUT2D eigenvalue weighted by Crippen LogP contribution is -2.69. The van der Waals surface area contributed by atoms with Gasteiger partial charge in [-0.2, -0.15) is 0 Å². The molecule has 0 spiro atoms. The van der Waals surface area contributed by atoms with Gasteiger partial charge in [-0.3, -0.25) is 4.79 Å². The Labute approximate surface area is 166 Å². The number of nitrogens with zero attached hydrogens (tertiary/aromatic N) is 1. The summed E-state index contributed by atoms with van der Waals surface area (Å²) in [6.07, 6.45) is 13.7. The highest BCUT2D eigenvalue weighted by Crippen LogP contribution is 2.34. The zero-order valence-corrected chi connectivity index (χ0v) is 18.6. The Bertz CT molecular complexity index is 450. The minimum Gasteiger partial charge on any atom is -0.481 e. The fraction of sp³-hybridized carbons (Fsp3) is 0.909. The number of quaternary nitrogens is 1. The molecule has 0 amide bonds. The van der Waals surface area contributed by atoms with Crippen molar-refractivity contribution in [2.75, 3.05) is 14.1 Å². The van der Waals surface area contributed by atoms with Crippen molar-refractivity contribution in [3.8, 4) is 0 Å². The standard InChI is InChI=1S/C22H43NO4/c1-7-8-9-10-11-12-13-14-15-16-17-18(2)23(5,6)22(4,21(26)27)19(3)20(24)25/h18-19H,7-17H2,1-6H3,(H-,24,25,26,27)/p+1. The van der Waals surface area contributed by atoms with Crippen LogP contribution in [0.25, 0.3) is 0 Å². The van der Waals surface area contributed by atoms with Gasteiger partial charge in [-0.15, -0.1) is 0 Å². The predicted molar refractivity (Wildman–Crippen MR) is 111 cm³/mol. The van der Waals surface area contributed by atoms with Crippen molar-refractivity contribution in [2.24, 2.45) is 5.92 Å². The molecule has 0 aliphatic rings. The summed E-state index contributed by atoms with van der Waals surface area (Å²) in [5, 5.41) is 19.2. The van der Waals surface area contributed by atoms with E-state index in [1.807, 2.05) is 21.0 Å². The SMILES string of the molecule is CCCCCCCCCCCCC(C)[N+](C)(C)C(C)(C(=O)O)C(C)C(=O)O. The average Bonchev–Trinajstić information content (AvgIpc) is 2.61. The molecular formula is C22H44NO4+. The van der Waals surface area contributed by atoms with E-state index in [0.717, 1.165) is 19.3 Å². The fourth-order valence-corrected chi connectivity index (χ4v) is 3.88. The van der Waals surface area contributed by atoms with Crippen molar-refractivity contribution in [2.45, 2.75) is 110 Å².